The molecule has 6 heteroatoms. The van der Waals surface area contributed by atoms with Crippen LogP contribution in [0.5, 0.6) is 0 Å². The Balaban J connectivity index is 2.26. The monoisotopic (exact) mass is 251 g/mol. The number of thiocarbonyl (C=S) groups is 1. The molecular weight excluding hydrogens is 236 g/mol. The molecule has 0 bridgehead atoms. The van der Waals surface area contributed by atoms with Gasteiger partial charge in [-0.25, -0.2) is 0 Å². The summed E-state index contributed by atoms with van der Waals surface area (Å²) in [4.78, 5) is 11.5. The molecule has 0 aliphatic heterocycles. The van der Waals surface area contributed by atoms with Crippen LogP contribution in [0, 0.1) is 0 Å². The van der Waals surface area contributed by atoms with Gasteiger partial charge in [-0.05, 0) is 12.2 Å². The average Bonchev–Trinajstić information content (AvgIpc) is 2.35. The molecule has 0 saturated heterocycles. The predicted molar refractivity (Wildman–Crippen MR) is 68.7 cm³/mol. The number of nitrogens with one attached hydrogen (secondary N) is 3. The Morgan fingerprint density at radius 1 is 1.29 bits per heavy atom. The summed E-state index contributed by atoms with van der Waals surface area (Å²) in [7, 11) is 0. The molecule has 0 spiro atoms. The Morgan fingerprint density at radius 2 is 2.00 bits per heavy atom. The fourth-order valence-electron chi connectivity index (χ4n) is 1.08. The third kappa shape index (κ3) is 5.62. The summed E-state index contributed by atoms with van der Waals surface area (Å²) in [6, 6.07) is 5.61. The van der Waals surface area contributed by atoms with Crippen LogP contribution in [-0.2, 0) is 11.3 Å². The van der Waals surface area contributed by atoms with Crippen LogP contribution in [0.3, 0.4) is 0 Å². The first-order valence-electron chi connectivity index (χ1n) is 5.10. The van der Waals surface area contributed by atoms with Crippen LogP contribution >= 0.6 is 12.2 Å². The van der Waals surface area contributed by atoms with Gasteiger partial charge in [0.1, 0.15) is 0 Å². The van der Waals surface area contributed by atoms with E-state index < -0.39 is 0 Å². The second-order valence-corrected chi connectivity index (χ2v) is 3.63. The van der Waals surface area contributed by atoms with E-state index in [1.165, 1.54) is 0 Å². The highest BCUT2D eigenvalue weighted by Crippen LogP contribution is 1.76. The lowest BCUT2D eigenvalue weighted by Crippen LogP contribution is -2.51. The summed E-state index contributed by atoms with van der Waals surface area (Å²) in [6.07, 6.45) is 5.30. The maximum absolute atomic E-state index is 11.5. The number of hydrazine groups is 1. The molecule has 1 aromatic rings. The number of carbonyl (C=O) groups is 1. The lowest BCUT2D eigenvalue weighted by Gasteiger charge is -2.08. The lowest BCUT2D eigenvalue weighted by molar-refractivity contribution is -0.684. The van der Waals surface area contributed by atoms with Crippen molar-refractivity contribution in [1.29, 1.82) is 0 Å². The largest absolute Gasteiger partial charge is 0.358 e. The third-order valence-corrected chi connectivity index (χ3v) is 2.07. The first kappa shape index (κ1) is 13.1. The minimum absolute atomic E-state index is 0.177. The summed E-state index contributed by atoms with van der Waals surface area (Å²) >= 11 is 4.91. The molecule has 0 fully saturated rings. The number of rotatable bonds is 4. The molecule has 1 aromatic heterocycles. The minimum atomic E-state index is -0.177. The van der Waals surface area contributed by atoms with E-state index in [1.807, 2.05) is 30.6 Å². The van der Waals surface area contributed by atoms with Gasteiger partial charge in [0, 0.05) is 18.7 Å². The van der Waals surface area contributed by atoms with E-state index in [4.69, 9.17) is 12.2 Å². The van der Waals surface area contributed by atoms with Gasteiger partial charge < -0.3 is 5.32 Å². The summed E-state index contributed by atoms with van der Waals surface area (Å²) in [5.41, 5.74) is 5.09. The zero-order valence-electron chi connectivity index (χ0n) is 9.35. The predicted octanol–water partition coefficient (Wildman–Crippen LogP) is -0.345. The van der Waals surface area contributed by atoms with Crippen molar-refractivity contribution in [3.63, 3.8) is 0 Å². The van der Waals surface area contributed by atoms with Crippen molar-refractivity contribution in [2.24, 2.45) is 0 Å². The fraction of sp³-hybridized carbons (Fsp3) is 0.182. The third-order valence-electron chi connectivity index (χ3n) is 1.83. The van der Waals surface area contributed by atoms with Crippen LogP contribution in [0.15, 0.2) is 43.2 Å². The Bertz CT molecular complexity index is 394. The summed E-state index contributed by atoms with van der Waals surface area (Å²) in [5.74, 6) is -0.177. The summed E-state index contributed by atoms with van der Waals surface area (Å²) < 4.78 is 1.76. The summed E-state index contributed by atoms with van der Waals surface area (Å²) in [5, 5.41) is 3.19. The topological polar surface area (TPSA) is 57.0 Å². The Hall–Kier alpha value is -1.95. The molecule has 0 unspecified atom stereocenters. The number of nitrogens with zero attached hydrogens (tertiary/aromatic N) is 1. The van der Waals surface area contributed by atoms with E-state index in [-0.39, 0.29) is 12.5 Å². The highest BCUT2D eigenvalue weighted by Gasteiger charge is 2.07. The van der Waals surface area contributed by atoms with Crippen LogP contribution in [0.1, 0.15) is 0 Å². The van der Waals surface area contributed by atoms with Crippen molar-refractivity contribution < 1.29 is 9.36 Å². The van der Waals surface area contributed by atoms with Gasteiger partial charge in [0.15, 0.2) is 17.5 Å². The van der Waals surface area contributed by atoms with Crippen molar-refractivity contribution >= 4 is 23.2 Å². The molecule has 0 atom stereocenters. The van der Waals surface area contributed by atoms with Crippen LogP contribution < -0.4 is 20.7 Å². The molecule has 0 aromatic carbocycles. The molecular formula is C11H15N4OS+. The van der Waals surface area contributed by atoms with Gasteiger partial charge in [0.25, 0.3) is 0 Å². The lowest BCUT2D eigenvalue weighted by atomic mass is 10.4. The number of carbonyl (C=O) groups excluding carboxylic acids is 1. The second kappa shape index (κ2) is 7.34. The van der Waals surface area contributed by atoms with Gasteiger partial charge in [0.05, 0.1) is 0 Å². The van der Waals surface area contributed by atoms with E-state index in [1.54, 1.807) is 10.6 Å². The second-order valence-electron chi connectivity index (χ2n) is 3.22. The minimum Gasteiger partial charge on any atom is -0.358 e. The maximum atomic E-state index is 11.5. The Morgan fingerprint density at radius 3 is 2.65 bits per heavy atom. The smallest absolute Gasteiger partial charge is 0.304 e. The zero-order chi connectivity index (χ0) is 12.5. The quantitative estimate of drug-likeness (QED) is 0.296. The maximum Gasteiger partial charge on any atom is 0.304 e. The fourth-order valence-corrected chi connectivity index (χ4v) is 1.21. The molecule has 1 rings (SSSR count). The molecule has 0 aliphatic carbocycles. The van der Waals surface area contributed by atoms with E-state index in [9.17, 15) is 4.79 Å². The first-order valence-corrected chi connectivity index (χ1v) is 5.51. The Labute approximate surface area is 106 Å². The van der Waals surface area contributed by atoms with Gasteiger partial charge in [-0.2, -0.15) is 4.57 Å². The summed E-state index contributed by atoms with van der Waals surface area (Å²) in [6.45, 7) is 4.33. The average molecular weight is 251 g/mol. The number of aromatic nitrogens is 1. The van der Waals surface area contributed by atoms with E-state index in [0.29, 0.717) is 11.7 Å². The van der Waals surface area contributed by atoms with Crippen LogP contribution in [0.25, 0.3) is 0 Å². The van der Waals surface area contributed by atoms with Crippen molar-refractivity contribution in [3.8, 4) is 0 Å². The van der Waals surface area contributed by atoms with Gasteiger partial charge in [-0.1, -0.05) is 12.1 Å². The Kier molecular flexibility index (Phi) is 5.67. The van der Waals surface area contributed by atoms with Crippen molar-refractivity contribution in [2.45, 2.75) is 6.54 Å². The first-order chi connectivity index (χ1) is 8.22. The molecule has 1 amide bonds. The zero-order valence-corrected chi connectivity index (χ0v) is 10.2. The van der Waals surface area contributed by atoms with Gasteiger partial charge in [-0.15, -0.1) is 6.58 Å². The molecule has 3 N–H and O–H groups in total. The highest BCUT2D eigenvalue weighted by molar-refractivity contribution is 7.80. The molecule has 0 aliphatic rings. The van der Waals surface area contributed by atoms with Crippen LogP contribution in [-0.4, -0.2) is 17.6 Å². The molecule has 90 valence electrons. The molecule has 17 heavy (non-hydrogen) atoms. The normalized spacial score (nSPS) is 9.18. The molecule has 5 nitrogen and oxygen atoms in total. The highest BCUT2D eigenvalue weighted by atomic mass is 32.1. The molecule has 0 radical (unpaired) electrons. The van der Waals surface area contributed by atoms with Crippen molar-refractivity contribution in [3.05, 3.63) is 43.2 Å². The van der Waals surface area contributed by atoms with E-state index in [2.05, 4.69) is 22.7 Å². The number of amides is 1. The standard InChI is InChI=1S/C11H14N4OS/c1-2-6-12-11(17)14-13-10(16)9-15-7-4-3-5-8-15/h2-5,7-8H,1,6,9H2,(H2-,12,13,14,16,17)/p+1. The van der Waals surface area contributed by atoms with Crippen molar-refractivity contribution in [2.75, 3.05) is 6.54 Å². The SMILES string of the molecule is C=CCNC(=S)NNC(=O)C[n+]1ccccc1. The van der Waals surface area contributed by atoms with Crippen molar-refractivity contribution in [1.82, 2.24) is 16.2 Å². The molecule has 0 saturated carbocycles. The molecule has 1 heterocycles. The van der Waals surface area contributed by atoms with Crippen LogP contribution in [0.4, 0.5) is 0 Å². The van der Waals surface area contributed by atoms with Gasteiger partial charge in [0.2, 0.25) is 6.54 Å². The van der Waals surface area contributed by atoms with E-state index in [0.717, 1.165) is 0 Å². The van der Waals surface area contributed by atoms with Gasteiger partial charge in [-0.3, -0.25) is 15.6 Å². The number of pyridine rings is 1. The van der Waals surface area contributed by atoms with E-state index >= 15 is 0 Å². The van der Waals surface area contributed by atoms with Gasteiger partial charge >= 0.3 is 5.91 Å². The van der Waals surface area contributed by atoms with Crippen LogP contribution in [0.2, 0.25) is 0 Å². The number of hydrogen-bond donors (Lipinski definition) is 3. The number of hydrogen-bond acceptors (Lipinski definition) is 2.